The first kappa shape index (κ1) is 12.7. The largest absolute Gasteiger partial charge is 0.494 e. The molecule has 0 spiro atoms. The van der Waals surface area contributed by atoms with Gasteiger partial charge in [0, 0.05) is 31.2 Å². The number of ether oxygens (including phenoxy) is 1. The molecule has 1 aliphatic heterocycles. The highest BCUT2D eigenvalue weighted by atomic mass is 19.1. The van der Waals surface area contributed by atoms with Gasteiger partial charge in [-0.05, 0) is 37.8 Å². The first-order valence-corrected chi connectivity index (χ1v) is 7.02. The Kier molecular flexibility index (Phi) is 3.35. The van der Waals surface area contributed by atoms with Crippen molar-refractivity contribution in [3.05, 3.63) is 24.0 Å². The molecule has 0 bridgehead atoms. The Bertz CT molecular complexity index is 461. The number of piperazine rings is 1. The number of hydrogen-bond donors (Lipinski definition) is 1. The highest BCUT2D eigenvalue weighted by Crippen LogP contribution is 2.37. The first-order valence-electron chi connectivity index (χ1n) is 7.02. The van der Waals surface area contributed by atoms with Crippen molar-refractivity contribution in [2.75, 3.05) is 25.1 Å². The van der Waals surface area contributed by atoms with Crippen LogP contribution in [-0.4, -0.2) is 32.3 Å². The molecular weight excluding hydrogens is 243 g/mol. The molecule has 1 aromatic rings. The second kappa shape index (κ2) is 5.00. The molecule has 2 fully saturated rings. The molecule has 2 atom stereocenters. The molecule has 3 rings (SSSR count). The minimum Gasteiger partial charge on any atom is -0.494 e. The smallest absolute Gasteiger partial charge is 0.145 e. The molecule has 19 heavy (non-hydrogen) atoms. The lowest BCUT2D eigenvalue weighted by atomic mass is 10.0. The first-order chi connectivity index (χ1) is 9.19. The van der Waals surface area contributed by atoms with E-state index in [9.17, 15) is 4.39 Å². The van der Waals surface area contributed by atoms with Crippen molar-refractivity contribution < 1.29 is 9.13 Å². The summed E-state index contributed by atoms with van der Waals surface area (Å²) >= 11 is 0. The molecule has 1 aromatic carbocycles. The summed E-state index contributed by atoms with van der Waals surface area (Å²) in [5.41, 5.74) is 1.00. The molecular formula is C15H21FN2O. The fraction of sp³-hybridized carbons (Fsp3) is 0.600. The fourth-order valence-electron chi connectivity index (χ4n) is 2.93. The maximum Gasteiger partial charge on any atom is 0.145 e. The van der Waals surface area contributed by atoms with Crippen LogP contribution in [0.25, 0.3) is 0 Å². The third-order valence-corrected chi connectivity index (χ3v) is 4.24. The summed E-state index contributed by atoms with van der Waals surface area (Å²) in [6.45, 7) is 4.15. The van der Waals surface area contributed by atoms with Crippen molar-refractivity contribution >= 4 is 5.69 Å². The Morgan fingerprint density at radius 3 is 2.84 bits per heavy atom. The standard InChI is InChI=1S/C15H21FN2O/c1-10-8-17-13(11-3-4-11)9-18(10)14-6-5-12(16)7-15(14)19-2/h5-7,10-11,13,17H,3-4,8-9H2,1-2H3. The molecule has 0 radical (unpaired) electrons. The third kappa shape index (κ3) is 2.54. The predicted molar refractivity (Wildman–Crippen MR) is 74.3 cm³/mol. The average molecular weight is 264 g/mol. The van der Waals surface area contributed by atoms with Crippen LogP contribution in [0.5, 0.6) is 5.75 Å². The zero-order chi connectivity index (χ0) is 13.4. The van der Waals surface area contributed by atoms with Crippen LogP contribution < -0.4 is 15.0 Å². The van der Waals surface area contributed by atoms with Gasteiger partial charge in [-0.2, -0.15) is 0 Å². The van der Waals surface area contributed by atoms with Crippen molar-refractivity contribution in [1.82, 2.24) is 5.32 Å². The number of nitrogens with zero attached hydrogens (tertiary/aromatic N) is 1. The average Bonchev–Trinajstić information content (AvgIpc) is 3.24. The SMILES string of the molecule is COc1cc(F)ccc1N1CC(C2CC2)NCC1C. The zero-order valence-electron chi connectivity index (χ0n) is 11.5. The molecule has 1 N–H and O–H groups in total. The highest BCUT2D eigenvalue weighted by molar-refractivity contribution is 5.59. The van der Waals surface area contributed by atoms with Gasteiger partial charge in [0.1, 0.15) is 11.6 Å². The monoisotopic (exact) mass is 264 g/mol. The summed E-state index contributed by atoms with van der Waals surface area (Å²) in [5, 5.41) is 3.62. The number of rotatable bonds is 3. The molecule has 0 amide bonds. The number of nitrogens with one attached hydrogen (secondary N) is 1. The van der Waals surface area contributed by atoms with Gasteiger partial charge in [0.05, 0.1) is 12.8 Å². The molecule has 2 unspecified atom stereocenters. The summed E-state index contributed by atoms with van der Waals surface area (Å²) in [7, 11) is 1.60. The Morgan fingerprint density at radius 1 is 1.37 bits per heavy atom. The van der Waals surface area contributed by atoms with E-state index in [0.29, 0.717) is 17.8 Å². The van der Waals surface area contributed by atoms with E-state index in [-0.39, 0.29) is 5.82 Å². The van der Waals surface area contributed by atoms with Gasteiger partial charge in [-0.3, -0.25) is 0 Å². The molecule has 0 aromatic heterocycles. The lowest BCUT2D eigenvalue weighted by molar-refractivity contribution is 0.366. The van der Waals surface area contributed by atoms with Crippen LogP contribution in [0.2, 0.25) is 0 Å². The number of anilines is 1. The predicted octanol–water partition coefficient (Wildman–Crippen LogP) is 2.41. The van der Waals surface area contributed by atoms with Gasteiger partial charge in [-0.25, -0.2) is 4.39 Å². The van der Waals surface area contributed by atoms with Crippen molar-refractivity contribution in [3.63, 3.8) is 0 Å². The van der Waals surface area contributed by atoms with E-state index < -0.39 is 0 Å². The quantitative estimate of drug-likeness (QED) is 0.907. The van der Waals surface area contributed by atoms with Crippen LogP contribution >= 0.6 is 0 Å². The van der Waals surface area contributed by atoms with Crippen molar-refractivity contribution in [3.8, 4) is 5.75 Å². The van der Waals surface area contributed by atoms with Crippen LogP contribution in [0.15, 0.2) is 18.2 Å². The van der Waals surface area contributed by atoms with E-state index in [1.807, 2.05) is 6.07 Å². The summed E-state index contributed by atoms with van der Waals surface area (Å²) in [4.78, 5) is 2.34. The van der Waals surface area contributed by atoms with Crippen molar-refractivity contribution in [2.45, 2.75) is 31.8 Å². The van der Waals surface area contributed by atoms with E-state index in [0.717, 1.165) is 24.7 Å². The Morgan fingerprint density at radius 2 is 2.16 bits per heavy atom. The zero-order valence-corrected chi connectivity index (χ0v) is 11.5. The van der Waals surface area contributed by atoms with Gasteiger partial charge in [-0.1, -0.05) is 0 Å². The normalized spacial score (nSPS) is 27.4. The Hall–Kier alpha value is -1.29. The fourth-order valence-corrected chi connectivity index (χ4v) is 2.93. The Labute approximate surface area is 113 Å². The number of halogens is 1. The lowest BCUT2D eigenvalue weighted by Crippen LogP contribution is -2.56. The molecule has 104 valence electrons. The van der Waals surface area contributed by atoms with Crippen molar-refractivity contribution in [1.29, 1.82) is 0 Å². The van der Waals surface area contributed by atoms with E-state index in [1.165, 1.54) is 25.0 Å². The van der Waals surface area contributed by atoms with Crippen LogP contribution in [0, 0.1) is 11.7 Å². The van der Waals surface area contributed by atoms with Gasteiger partial charge >= 0.3 is 0 Å². The van der Waals surface area contributed by atoms with Gasteiger partial charge < -0.3 is 15.0 Å². The van der Waals surface area contributed by atoms with Crippen molar-refractivity contribution in [2.24, 2.45) is 5.92 Å². The van der Waals surface area contributed by atoms with E-state index in [4.69, 9.17) is 4.74 Å². The number of benzene rings is 1. The molecule has 1 heterocycles. The molecule has 1 saturated carbocycles. The van der Waals surface area contributed by atoms with Gasteiger partial charge in [0.2, 0.25) is 0 Å². The lowest BCUT2D eigenvalue weighted by Gasteiger charge is -2.41. The van der Waals surface area contributed by atoms with Crippen LogP contribution in [-0.2, 0) is 0 Å². The molecule has 3 nitrogen and oxygen atoms in total. The molecule has 2 aliphatic rings. The third-order valence-electron chi connectivity index (χ3n) is 4.24. The second-order valence-corrected chi connectivity index (χ2v) is 5.67. The Balaban J connectivity index is 1.85. The second-order valence-electron chi connectivity index (χ2n) is 5.67. The van der Waals surface area contributed by atoms with Gasteiger partial charge in [0.15, 0.2) is 0 Å². The number of hydrogen-bond acceptors (Lipinski definition) is 3. The van der Waals surface area contributed by atoms with Crippen LogP contribution in [0.1, 0.15) is 19.8 Å². The van der Waals surface area contributed by atoms with Gasteiger partial charge in [0.25, 0.3) is 0 Å². The molecule has 1 saturated heterocycles. The summed E-state index contributed by atoms with van der Waals surface area (Å²) in [6, 6.07) is 5.77. The maximum absolute atomic E-state index is 13.3. The minimum atomic E-state index is -0.248. The molecule has 1 aliphatic carbocycles. The van der Waals surface area contributed by atoms with Crippen LogP contribution in [0.4, 0.5) is 10.1 Å². The summed E-state index contributed by atoms with van der Waals surface area (Å²) < 4.78 is 18.6. The van der Waals surface area contributed by atoms with Gasteiger partial charge in [-0.15, -0.1) is 0 Å². The minimum absolute atomic E-state index is 0.248. The maximum atomic E-state index is 13.3. The van der Waals surface area contributed by atoms with E-state index in [2.05, 4.69) is 17.1 Å². The van der Waals surface area contributed by atoms with E-state index in [1.54, 1.807) is 7.11 Å². The topological polar surface area (TPSA) is 24.5 Å². The summed E-state index contributed by atoms with van der Waals surface area (Å²) in [5.74, 6) is 1.20. The molecule has 4 heteroatoms. The summed E-state index contributed by atoms with van der Waals surface area (Å²) in [6.07, 6.45) is 2.67. The van der Waals surface area contributed by atoms with E-state index >= 15 is 0 Å². The highest BCUT2D eigenvalue weighted by Gasteiger charge is 2.36. The van der Waals surface area contributed by atoms with Crippen LogP contribution in [0.3, 0.4) is 0 Å². The number of methoxy groups -OCH3 is 1.